The molecular weight excluding hydrogens is 248 g/mol. The van der Waals surface area contributed by atoms with Gasteiger partial charge in [0.2, 0.25) is 11.8 Å². The molecule has 0 aromatic carbocycles. The van der Waals surface area contributed by atoms with Gasteiger partial charge in [-0.1, -0.05) is 6.92 Å². The van der Waals surface area contributed by atoms with Crippen LogP contribution in [0, 0.1) is 5.92 Å². The second kappa shape index (κ2) is 5.11. The van der Waals surface area contributed by atoms with Gasteiger partial charge in [0.05, 0.1) is 0 Å². The summed E-state index contributed by atoms with van der Waals surface area (Å²) < 4.78 is 0. The molecule has 3 atom stereocenters. The van der Waals surface area contributed by atoms with Crippen molar-refractivity contribution in [3.8, 4) is 0 Å². The molecule has 0 aliphatic carbocycles. The van der Waals surface area contributed by atoms with Crippen molar-refractivity contribution in [1.29, 1.82) is 0 Å². The highest BCUT2D eigenvalue weighted by Crippen LogP contribution is 2.28. The van der Waals surface area contributed by atoms with Crippen molar-refractivity contribution >= 4 is 23.6 Å². The maximum absolute atomic E-state index is 12.5. The fraction of sp³-hybridized carbons (Fsp3) is 0.846. The first-order valence-electron chi connectivity index (χ1n) is 6.69. The van der Waals surface area contributed by atoms with Gasteiger partial charge in [-0.3, -0.25) is 9.59 Å². The van der Waals surface area contributed by atoms with E-state index >= 15 is 0 Å². The van der Waals surface area contributed by atoms with E-state index in [2.05, 4.69) is 5.32 Å². The van der Waals surface area contributed by atoms with E-state index in [-0.39, 0.29) is 17.9 Å². The summed E-state index contributed by atoms with van der Waals surface area (Å²) in [5, 5.41) is 2.86. The van der Waals surface area contributed by atoms with Crippen molar-refractivity contribution in [2.24, 2.45) is 5.92 Å². The van der Waals surface area contributed by atoms with E-state index in [0.717, 1.165) is 18.7 Å². The van der Waals surface area contributed by atoms with E-state index in [9.17, 15) is 9.59 Å². The molecule has 0 aromatic heterocycles. The Morgan fingerprint density at radius 1 is 1.50 bits per heavy atom. The van der Waals surface area contributed by atoms with Crippen LogP contribution in [0.5, 0.6) is 0 Å². The van der Waals surface area contributed by atoms with E-state index in [1.807, 2.05) is 32.5 Å². The summed E-state index contributed by atoms with van der Waals surface area (Å²) in [7, 11) is 0. The first-order valence-corrected chi connectivity index (χ1v) is 7.84. The lowest BCUT2D eigenvalue weighted by Crippen LogP contribution is -2.68. The first-order chi connectivity index (χ1) is 8.48. The van der Waals surface area contributed by atoms with Gasteiger partial charge in [0.15, 0.2) is 0 Å². The fourth-order valence-corrected chi connectivity index (χ4v) is 3.82. The number of rotatable bonds is 3. The summed E-state index contributed by atoms with van der Waals surface area (Å²) >= 11 is 1.94. The highest BCUT2D eigenvalue weighted by atomic mass is 32.2. The average Bonchev–Trinajstić information content (AvgIpc) is 2.85. The van der Waals surface area contributed by atoms with Gasteiger partial charge in [-0.25, -0.2) is 0 Å². The predicted molar refractivity (Wildman–Crippen MR) is 73.4 cm³/mol. The Hall–Kier alpha value is -0.710. The molecule has 0 spiro atoms. The van der Waals surface area contributed by atoms with E-state index in [1.54, 1.807) is 4.90 Å². The highest BCUT2D eigenvalue weighted by molar-refractivity contribution is 7.99. The lowest BCUT2D eigenvalue weighted by Gasteiger charge is -2.43. The van der Waals surface area contributed by atoms with Crippen molar-refractivity contribution in [2.75, 3.05) is 18.1 Å². The summed E-state index contributed by atoms with van der Waals surface area (Å²) in [5.41, 5.74) is -0.713. The van der Waals surface area contributed by atoms with Crippen molar-refractivity contribution < 1.29 is 9.59 Å². The van der Waals surface area contributed by atoms with Crippen LogP contribution in [0.2, 0.25) is 0 Å². The summed E-state index contributed by atoms with van der Waals surface area (Å²) in [6.07, 6.45) is 1.80. The average molecular weight is 270 g/mol. The van der Waals surface area contributed by atoms with E-state index in [1.165, 1.54) is 5.75 Å². The zero-order valence-electron chi connectivity index (χ0n) is 11.4. The van der Waals surface area contributed by atoms with Crippen LogP contribution in [0.1, 0.15) is 33.6 Å². The topological polar surface area (TPSA) is 49.4 Å². The normalized spacial score (nSPS) is 36.9. The largest absolute Gasteiger partial charge is 0.340 e. The predicted octanol–water partition coefficient (Wildman–Crippen LogP) is 1.26. The first kappa shape index (κ1) is 13.7. The Kier molecular flexibility index (Phi) is 3.90. The fourth-order valence-electron chi connectivity index (χ4n) is 2.55. The molecule has 102 valence electrons. The standard InChI is InChI=1S/C13H22N2O2S/c1-4-13(3)12(17)15(9(2)11(16)14-13)7-10-5-6-18-8-10/h9-10H,4-8H2,1-3H3,(H,14,16). The molecule has 0 radical (unpaired) electrons. The molecule has 3 unspecified atom stereocenters. The van der Waals surface area contributed by atoms with Gasteiger partial charge in [-0.2, -0.15) is 11.8 Å². The molecule has 2 aliphatic heterocycles. The molecule has 2 saturated heterocycles. The molecule has 2 rings (SSSR count). The minimum Gasteiger partial charge on any atom is -0.340 e. The van der Waals surface area contributed by atoms with Gasteiger partial charge in [0.1, 0.15) is 11.6 Å². The minimum atomic E-state index is -0.713. The zero-order chi connectivity index (χ0) is 13.3. The number of hydrogen-bond acceptors (Lipinski definition) is 3. The van der Waals surface area contributed by atoms with Crippen molar-refractivity contribution in [3.63, 3.8) is 0 Å². The van der Waals surface area contributed by atoms with Gasteiger partial charge >= 0.3 is 0 Å². The molecule has 2 amide bonds. The monoisotopic (exact) mass is 270 g/mol. The van der Waals surface area contributed by atoms with Crippen molar-refractivity contribution in [1.82, 2.24) is 10.2 Å². The molecule has 1 N–H and O–H groups in total. The number of amides is 2. The Bertz CT molecular complexity index is 355. The maximum Gasteiger partial charge on any atom is 0.248 e. The van der Waals surface area contributed by atoms with E-state index < -0.39 is 5.54 Å². The third kappa shape index (κ3) is 2.37. The Morgan fingerprint density at radius 2 is 2.22 bits per heavy atom. The second-order valence-electron chi connectivity index (χ2n) is 5.54. The van der Waals surface area contributed by atoms with Gasteiger partial charge in [0, 0.05) is 6.54 Å². The van der Waals surface area contributed by atoms with Gasteiger partial charge in [-0.05, 0) is 44.1 Å². The third-order valence-corrected chi connectivity index (χ3v) is 5.40. The SMILES string of the molecule is CCC1(C)NC(=O)C(C)N(CC2CCSC2)C1=O. The number of carbonyl (C=O) groups is 2. The molecule has 0 bridgehead atoms. The molecule has 18 heavy (non-hydrogen) atoms. The van der Waals surface area contributed by atoms with E-state index in [4.69, 9.17) is 0 Å². The molecule has 0 aromatic rings. The van der Waals surface area contributed by atoms with Crippen LogP contribution >= 0.6 is 11.8 Å². The minimum absolute atomic E-state index is 0.0235. The van der Waals surface area contributed by atoms with Gasteiger partial charge in [-0.15, -0.1) is 0 Å². The number of nitrogens with one attached hydrogen (secondary N) is 1. The Morgan fingerprint density at radius 3 is 2.78 bits per heavy atom. The highest BCUT2D eigenvalue weighted by Gasteiger charge is 2.45. The number of piperazine rings is 1. The van der Waals surface area contributed by atoms with Crippen LogP contribution in [0.3, 0.4) is 0 Å². The number of thioether (sulfide) groups is 1. The summed E-state index contributed by atoms with van der Waals surface area (Å²) in [4.78, 5) is 26.3. The van der Waals surface area contributed by atoms with Gasteiger partial charge in [0.25, 0.3) is 0 Å². The van der Waals surface area contributed by atoms with Crippen LogP contribution in [0.4, 0.5) is 0 Å². The quantitative estimate of drug-likeness (QED) is 0.840. The maximum atomic E-state index is 12.5. The van der Waals surface area contributed by atoms with Gasteiger partial charge < -0.3 is 10.2 Å². The molecule has 0 saturated carbocycles. The van der Waals surface area contributed by atoms with Crippen LogP contribution in [0.15, 0.2) is 0 Å². The summed E-state index contributed by atoms with van der Waals surface area (Å²) in [6, 6.07) is -0.331. The van der Waals surface area contributed by atoms with Crippen LogP contribution in [-0.4, -0.2) is 46.3 Å². The number of hydrogen-bond donors (Lipinski definition) is 1. The molecule has 5 heteroatoms. The van der Waals surface area contributed by atoms with Crippen molar-refractivity contribution in [3.05, 3.63) is 0 Å². The lowest BCUT2D eigenvalue weighted by molar-refractivity contribution is -0.154. The molecule has 2 aliphatic rings. The summed E-state index contributed by atoms with van der Waals surface area (Å²) in [5.74, 6) is 2.89. The molecule has 4 nitrogen and oxygen atoms in total. The molecule has 2 fully saturated rings. The second-order valence-corrected chi connectivity index (χ2v) is 6.69. The summed E-state index contributed by atoms with van der Waals surface area (Å²) in [6.45, 7) is 6.33. The van der Waals surface area contributed by atoms with Crippen LogP contribution < -0.4 is 5.32 Å². The number of carbonyl (C=O) groups excluding carboxylic acids is 2. The van der Waals surface area contributed by atoms with Crippen LogP contribution in [0.25, 0.3) is 0 Å². The zero-order valence-corrected chi connectivity index (χ0v) is 12.2. The molecule has 2 heterocycles. The van der Waals surface area contributed by atoms with E-state index in [0.29, 0.717) is 12.3 Å². The lowest BCUT2D eigenvalue weighted by atomic mass is 9.91. The number of nitrogens with zero attached hydrogens (tertiary/aromatic N) is 1. The van der Waals surface area contributed by atoms with Crippen molar-refractivity contribution in [2.45, 2.75) is 45.2 Å². The molecular formula is C13H22N2O2S. The Labute approximate surface area is 113 Å². The Balaban J connectivity index is 2.14. The smallest absolute Gasteiger partial charge is 0.248 e. The van der Waals surface area contributed by atoms with Crippen LogP contribution in [-0.2, 0) is 9.59 Å². The third-order valence-electron chi connectivity index (χ3n) is 4.16.